The van der Waals surface area contributed by atoms with Gasteiger partial charge in [-0.1, -0.05) is 53.1 Å². The van der Waals surface area contributed by atoms with Gasteiger partial charge in [-0.15, -0.1) is 0 Å². The Morgan fingerprint density at radius 3 is 2.60 bits per heavy atom. The Bertz CT molecular complexity index is 599. The van der Waals surface area contributed by atoms with Gasteiger partial charge in [0.1, 0.15) is 0 Å². The van der Waals surface area contributed by atoms with Crippen molar-refractivity contribution in [1.29, 1.82) is 0 Å². The molecule has 1 saturated heterocycles. The van der Waals surface area contributed by atoms with E-state index in [-0.39, 0.29) is 9.46 Å². The van der Waals surface area contributed by atoms with Crippen molar-refractivity contribution < 1.29 is 8.42 Å². The Hall–Kier alpha value is -0.140. The first kappa shape index (κ1) is 14.8. The highest BCUT2D eigenvalue weighted by atomic mass is 127. The van der Waals surface area contributed by atoms with Gasteiger partial charge in [0.05, 0.1) is 4.90 Å². The van der Waals surface area contributed by atoms with Crippen LogP contribution in [0.1, 0.15) is 37.7 Å². The fourth-order valence-corrected chi connectivity index (χ4v) is 6.64. The van der Waals surface area contributed by atoms with Crippen molar-refractivity contribution in [2.75, 3.05) is 6.54 Å². The summed E-state index contributed by atoms with van der Waals surface area (Å²) < 4.78 is 27.7. The van der Waals surface area contributed by atoms with Gasteiger partial charge in [-0.25, -0.2) is 8.42 Å². The second-order valence-electron chi connectivity index (χ2n) is 5.98. The van der Waals surface area contributed by atoms with Gasteiger partial charge in [-0.2, -0.15) is 4.31 Å². The molecule has 3 nitrogen and oxygen atoms in total. The van der Waals surface area contributed by atoms with E-state index in [4.69, 9.17) is 0 Å². The molecule has 1 aliphatic heterocycles. The molecule has 1 aromatic carbocycles. The van der Waals surface area contributed by atoms with E-state index >= 15 is 0 Å². The summed E-state index contributed by atoms with van der Waals surface area (Å²) in [5.74, 6) is 0. The van der Waals surface area contributed by atoms with Gasteiger partial charge in [0.2, 0.25) is 10.0 Å². The molecule has 2 unspecified atom stereocenters. The number of benzene rings is 1. The maximum Gasteiger partial charge on any atom is 0.243 e. The predicted octanol–water partition coefficient (Wildman–Crippen LogP) is 3.51. The summed E-state index contributed by atoms with van der Waals surface area (Å²) in [6.45, 7) is 2.65. The Balaban J connectivity index is 1.94. The molecule has 1 aromatic rings. The smallest absolute Gasteiger partial charge is 0.207 e. The number of fused-ring (bicyclic) bond motifs is 1. The van der Waals surface area contributed by atoms with E-state index in [9.17, 15) is 8.42 Å². The minimum absolute atomic E-state index is 0.160. The quantitative estimate of drug-likeness (QED) is 0.558. The van der Waals surface area contributed by atoms with Crippen LogP contribution in [-0.4, -0.2) is 28.7 Å². The lowest BCUT2D eigenvalue weighted by Crippen LogP contribution is -2.45. The van der Waals surface area contributed by atoms with Crippen molar-refractivity contribution in [3.63, 3.8) is 0 Å². The Morgan fingerprint density at radius 2 is 1.90 bits per heavy atom. The maximum absolute atomic E-state index is 12.9. The highest BCUT2D eigenvalue weighted by Gasteiger charge is 2.50. The number of alkyl halides is 1. The molecule has 1 aliphatic carbocycles. The maximum atomic E-state index is 12.9. The SMILES string of the molecule is Cc1ccc(S(=O)(=O)N2CCC3(I)CCCCC23)cc1. The summed E-state index contributed by atoms with van der Waals surface area (Å²) in [7, 11) is -3.34. The van der Waals surface area contributed by atoms with Crippen molar-refractivity contribution in [1.82, 2.24) is 4.31 Å². The first-order chi connectivity index (χ1) is 9.43. The molecular formula is C15H20INO2S. The third-order valence-electron chi connectivity index (χ3n) is 4.64. The molecule has 2 atom stereocenters. The number of hydrogen-bond acceptors (Lipinski definition) is 2. The fourth-order valence-electron chi connectivity index (χ4n) is 3.46. The normalized spacial score (nSPS) is 31.2. The molecule has 0 radical (unpaired) electrons. The van der Waals surface area contributed by atoms with Crippen LogP contribution in [0.25, 0.3) is 0 Å². The van der Waals surface area contributed by atoms with E-state index in [0.717, 1.165) is 31.2 Å². The molecule has 1 saturated carbocycles. The van der Waals surface area contributed by atoms with Crippen LogP contribution in [-0.2, 0) is 10.0 Å². The van der Waals surface area contributed by atoms with Crippen molar-refractivity contribution >= 4 is 32.6 Å². The number of halogens is 1. The van der Waals surface area contributed by atoms with Crippen LogP contribution in [0.3, 0.4) is 0 Å². The van der Waals surface area contributed by atoms with Gasteiger partial charge in [-0.3, -0.25) is 0 Å². The van der Waals surface area contributed by atoms with Gasteiger partial charge >= 0.3 is 0 Å². The molecule has 2 aliphatic rings. The lowest BCUT2D eigenvalue weighted by molar-refractivity contribution is 0.293. The van der Waals surface area contributed by atoms with Crippen molar-refractivity contribution in [2.24, 2.45) is 0 Å². The van der Waals surface area contributed by atoms with E-state index in [1.807, 2.05) is 19.1 Å². The molecule has 2 fully saturated rings. The van der Waals surface area contributed by atoms with E-state index in [1.54, 1.807) is 16.4 Å². The zero-order valence-corrected chi connectivity index (χ0v) is 14.7. The van der Waals surface area contributed by atoms with Crippen LogP contribution in [0.4, 0.5) is 0 Å². The summed E-state index contributed by atoms with van der Waals surface area (Å²) in [4.78, 5) is 0.439. The molecule has 0 bridgehead atoms. The predicted molar refractivity (Wildman–Crippen MR) is 88.7 cm³/mol. The number of rotatable bonds is 2. The molecule has 110 valence electrons. The summed E-state index contributed by atoms with van der Waals surface area (Å²) >= 11 is 2.52. The molecule has 0 N–H and O–H groups in total. The molecule has 3 rings (SSSR count). The monoisotopic (exact) mass is 405 g/mol. The zero-order valence-electron chi connectivity index (χ0n) is 11.7. The van der Waals surface area contributed by atoms with Crippen LogP contribution in [0.5, 0.6) is 0 Å². The van der Waals surface area contributed by atoms with E-state index in [0.29, 0.717) is 11.4 Å². The average Bonchev–Trinajstić information content (AvgIpc) is 2.77. The van der Waals surface area contributed by atoms with Crippen molar-refractivity contribution in [3.8, 4) is 0 Å². The standard InChI is InChI=1S/C15H20INO2S/c1-12-5-7-13(8-6-12)20(18,19)17-11-10-15(16)9-3-2-4-14(15)17/h5-8,14H,2-4,9-11H2,1H3. The largest absolute Gasteiger partial charge is 0.243 e. The van der Waals surface area contributed by atoms with E-state index in [1.165, 1.54) is 6.42 Å². The highest BCUT2D eigenvalue weighted by molar-refractivity contribution is 14.1. The van der Waals surface area contributed by atoms with Crippen molar-refractivity contribution in [3.05, 3.63) is 29.8 Å². The molecule has 1 heterocycles. The highest BCUT2D eigenvalue weighted by Crippen LogP contribution is 2.48. The second-order valence-corrected chi connectivity index (χ2v) is 10.0. The topological polar surface area (TPSA) is 37.4 Å². The molecule has 0 spiro atoms. The molecule has 5 heteroatoms. The number of sulfonamides is 1. The minimum atomic E-state index is -3.34. The molecule has 0 aromatic heterocycles. The summed E-state index contributed by atoms with van der Waals surface area (Å²) in [5.41, 5.74) is 1.09. The van der Waals surface area contributed by atoms with Gasteiger partial charge in [0, 0.05) is 16.0 Å². The van der Waals surface area contributed by atoms with Gasteiger partial charge in [-0.05, 0) is 38.3 Å². The Labute approximate surface area is 134 Å². The lowest BCUT2D eigenvalue weighted by atomic mass is 9.85. The molecule has 20 heavy (non-hydrogen) atoms. The number of hydrogen-bond donors (Lipinski definition) is 0. The van der Waals surface area contributed by atoms with Crippen LogP contribution in [0, 0.1) is 6.92 Å². The summed E-state index contributed by atoms with van der Waals surface area (Å²) in [6.07, 6.45) is 5.53. The summed E-state index contributed by atoms with van der Waals surface area (Å²) in [6, 6.07) is 7.41. The third kappa shape index (κ3) is 2.41. The number of nitrogens with zero attached hydrogens (tertiary/aromatic N) is 1. The van der Waals surface area contributed by atoms with Crippen LogP contribution >= 0.6 is 22.6 Å². The van der Waals surface area contributed by atoms with Gasteiger partial charge < -0.3 is 0 Å². The Kier molecular flexibility index (Phi) is 3.88. The fraction of sp³-hybridized carbons (Fsp3) is 0.600. The minimum Gasteiger partial charge on any atom is -0.207 e. The molecular weight excluding hydrogens is 385 g/mol. The summed E-state index contributed by atoms with van der Waals surface area (Å²) in [5, 5.41) is 0. The average molecular weight is 405 g/mol. The second kappa shape index (κ2) is 5.25. The zero-order chi connectivity index (χ0) is 14.4. The van der Waals surface area contributed by atoms with Crippen molar-refractivity contribution in [2.45, 2.75) is 53.4 Å². The third-order valence-corrected chi connectivity index (χ3v) is 8.36. The van der Waals surface area contributed by atoms with Crippen LogP contribution in [0.2, 0.25) is 0 Å². The van der Waals surface area contributed by atoms with Gasteiger partial charge in [0.15, 0.2) is 0 Å². The van der Waals surface area contributed by atoms with E-state index < -0.39 is 10.0 Å². The first-order valence-corrected chi connectivity index (χ1v) is 9.73. The van der Waals surface area contributed by atoms with E-state index in [2.05, 4.69) is 22.6 Å². The lowest BCUT2D eigenvalue weighted by Gasteiger charge is -2.37. The van der Waals surface area contributed by atoms with Crippen LogP contribution in [0.15, 0.2) is 29.2 Å². The van der Waals surface area contributed by atoms with Crippen LogP contribution < -0.4 is 0 Å². The first-order valence-electron chi connectivity index (χ1n) is 7.21. The molecule has 0 amide bonds. The Morgan fingerprint density at radius 1 is 1.20 bits per heavy atom. The number of aryl methyl sites for hydroxylation is 1. The van der Waals surface area contributed by atoms with Gasteiger partial charge in [0.25, 0.3) is 0 Å².